The fourth-order valence-corrected chi connectivity index (χ4v) is 3.61. The number of hydrogen-bond acceptors (Lipinski definition) is 5. The molecule has 1 fully saturated rings. The Kier molecular flexibility index (Phi) is 4.54. The summed E-state index contributed by atoms with van der Waals surface area (Å²) in [4.78, 5) is 0.154. The van der Waals surface area contributed by atoms with Gasteiger partial charge in [-0.05, 0) is 69.6 Å². The Hall–Kier alpha value is -2.03. The average molecular weight is 374 g/mol. The number of sulfonamides is 1. The van der Waals surface area contributed by atoms with Crippen molar-refractivity contribution < 1.29 is 17.7 Å². The highest BCUT2D eigenvalue weighted by atomic mass is 32.2. The van der Waals surface area contributed by atoms with Crippen LogP contribution in [0.2, 0.25) is 0 Å². The number of anilines is 2. The first kappa shape index (κ1) is 18.8. The van der Waals surface area contributed by atoms with Crippen LogP contribution in [-0.2, 0) is 19.3 Å². The van der Waals surface area contributed by atoms with E-state index >= 15 is 0 Å². The predicted octanol–water partition coefficient (Wildman–Crippen LogP) is 2.37. The fourth-order valence-electron chi connectivity index (χ4n) is 2.55. The van der Waals surface area contributed by atoms with Crippen LogP contribution in [0.25, 0.3) is 0 Å². The van der Waals surface area contributed by atoms with Gasteiger partial charge in [-0.1, -0.05) is 12.1 Å². The summed E-state index contributed by atoms with van der Waals surface area (Å²) >= 11 is 0. The highest BCUT2D eigenvalue weighted by Crippen LogP contribution is 2.36. The molecule has 2 aromatic rings. The van der Waals surface area contributed by atoms with Gasteiger partial charge in [0.2, 0.25) is 0 Å². The first-order chi connectivity index (χ1) is 12.0. The molecule has 138 valence electrons. The monoisotopic (exact) mass is 374 g/mol. The average Bonchev–Trinajstić information content (AvgIpc) is 2.76. The Morgan fingerprint density at radius 2 is 1.38 bits per heavy atom. The van der Waals surface area contributed by atoms with Gasteiger partial charge in [-0.3, -0.25) is 4.72 Å². The molecule has 0 spiro atoms. The topological polar surface area (TPSA) is 90.7 Å². The number of nitrogens with two attached hydrogens (primary N) is 1. The quantitative estimate of drug-likeness (QED) is 0.633. The lowest BCUT2D eigenvalue weighted by Gasteiger charge is -2.32. The number of nitrogen functional groups attached to an aromatic ring is 1. The third kappa shape index (κ3) is 3.58. The molecule has 0 aromatic heterocycles. The molecule has 1 aliphatic heterocycles. The normalized spacial score (nSPS) is 18.7. The smallest absolute Gasteiger partial charge is 0.399 e. The Morgan fingerprint density at radius 1 is 0.885 bits per heavy atom. The van der Waals surface area contributed by atoms with E-state index in [1.54, 1.807) is 36.4 Å². The van der Waals surface area contributed by atoms with Crippen molar-refractivity contribution in [3.63, 3.8) is 0 Å². The van der Waals surface area contributed by atoms with E-state index in [9.17, 15) is 8.42 Å². The third-order valence-electron chi connectivity index (χ3n) is 4.88. The summed E-state index contributed by atoms with van der Waals surface area (Å²) in [6, 6.07) is 13.0. The number of benzene rings is 2. The molecule has 1 saturated heterocycles. The van der Waals surface area contributed by atoms with Crippen molar-refractivity contribution >= 4 is 34.0 Å². The maximum absolute atomic E-state index is 12.4. The van der Waals surface area contributed by atoms with Gasteiger partial charge in [0.25, 0.3) is 10.0 Å². The van der Waals surface area contributed by atoms with Gasteiger partial charge < -0.3 is 15.0 Å². The van der Waals surface area contributed by atoms with E-state index in [2.05, 4.69) is 4.72 Å². The lowest BCUT2D eigenvalue weighted by molar-refractivity contribution is 0.00578. The zero-order chi connectivity index (χ0) is 19.2. The van der Waals surface area contributed by atoms with Crippen LogP contribution in [0.1, 0.15) is 27.7 Å². The van der Waals surface area contributed by atoms with Crippen LogP contribution >= 0.6 is 0 Å². The molecule has 1 heterocycles. The molecule has 0 unspecified atom stereocenters. The largest absolute Gasteiger partial charge is 0.494 e. The molecule has 6 nitrogen and oxygen atoms in total. The van der Waals surface area contributed by atoms with Crippen LogP contribution in [0.4, 0.5) is 11.4 Å². The van der Waals surface area contributed by atoms with Crippen molar-refractivity contribution in [2.75, 3.05) is 10.5 Å². The Labute approximate surface area is 154 Å². The zero-order valence-corrected chi connectivity index (χ0v) is 16.1. The predicted molar refractivity (Wildman–Crippen MR) is 104 cm³/mol. The summed E-state index contributed by atoms with van der Waals surface area (Å²) < 4.78 is 39.4. The van der Waals surface area contributed by atoms with E-state index < -0.39 is 28.3 Å². The molecule has 2 aromatic carbocycles. The molecule has 3 rings (SSSR count). The molecule has 0 saturated carbocycles. The lowest BCUT2D eigenvalue weighted by atomic mass is 9.79. The van der Waals surface area contributed by atoms with E-state index in [4.69, 9.17) is 15.0 Å². The van der Waals surface area contributed by atoms with Gasteiger partial charge in [0.1, 0.15) is 0 Å². The fraction of sp³-hybridized carbons (Fsp3) is 0.333. The molecule has 0 aliphatic carbocycles. The second-order valence-electron chi connectivity index (χ2n) is 7.38. The summed E-state index contributed by atoms with van der Waals surface area (Å²) in [7, 11) is -4.15. The van der Waals surface area contributed by atoms with Gasteiger partial charge in [0.15, 0.2) is 0 Å². The first-order valence-electron chi connectivity index (χ1n) is 8.34. The van der Waals surface area contributed by atoms with Crippen LogP contribution in [0.15, 0.2) is 53.4 Å². The van der Waals surface area contributed by atoms with Gasteiger partial charge in [-0.15, -0.1) is 0 Å². The van der Waals surface area contributed by atoms with Crippen molar-refractivity contribution in [2.24, 2.45) is 0 Å². The van der Waals surface area contributed by atoms with E-state index in [-0.39, 0.29) is 4.90 Å². The molecular formula is C18H23BN2O4S. The van der Waals surface area contributed by atoms with E-state index in [1.807, 2.05) is 27.7 Å². The maximum atomic E-state index is 12.4. The second-order valence-corrected chi connectivity index (χ2v) is 9.07. The lowest BCUT2D eigenvalue weighted by Crippen LogP contribution is -2.41. The van der Waals surface area contributed by atoms with E-state index in [0.717, 1.165) is 5.46 Å². The highest BCUT2D eigenvalue weighted by molar-refractivity contribution is 7.92. The van der Waals surface area contributed by atoms with Crippen LogP contribution in [-0.4, -0.2) is 26.7 Å². The molecule has 8 heteroatoms. The Morgan fingerprint density at radius 3 is 1.88 bits per heavy atom. The summed E-state index contributed by atoms with van der Waals surface area (Å²) in [5.41, 5.74) is 6.55. The molecule has 1 aliphatic rings. The van der Waals surface area contributed by atoms with Crippen molar-refractivity contribution in [2.45, 2.75) is 43.8 Å². The summed E-state index contributed by atoms with van der Waals surface area (Å²) in [6.45, 7) is 7.95. The number of rotatable bonds is 4. The van der Waals surface area contributed by atoms with Gasteiger partial charge in [-0.25, -0.2) is 8.42 Å². The SMILES string of the molecule is CC1(C)OB(c2ccc(NS(=O)(=O)c3ccc(N)cc3)cc2)OC1(C)C. The molecule has 3 N–H and O–H groups in total. The first-order valence-corrected chi connectivity index (χ1v) is 9.82. The molecule has 0 radical (unpaired) electrons. The van der Waals surface area contributed by atoms with E-state index in [1.165, 1.54) is 12.1 Å². The third-order valence-corrected chi connectivity index (χ3v) is 6.28. The molecule has 0 amide bonds. The van der Waals surface area contributed by atoms with Crippen LogP contribution in [0.3, 0.4) is 0 Å². The molecular weight excluding hydrogens is 351 g/mol. The van der Waals surface area contributed by atoms with E-state index in [0.29, 0.717) is 11.4 Å². The maximum Gasteiger partial charge on any atom is 0.494 e. The van der Waals surface area contributed by atoms with Crippen molar-refractivity contribution in [1.29, 1.82) is 0 Å². The summed E-state index contributed by atoms with van der Waals surface area (Å²) in [5, 5.41) is 0. The van der Waals surface area contributed by atoms with Crippen molar-refractivity contribution in [3.8, 4) is 0 Å². The molecule has 26 heavy (non-hydrogen) atoms. The number of nitrogens with one attached hydrogen (secondary N) is 1. The molecule has 0 atom stereocenters. The van der Waals surface area contributed by atoms with Crippen LogP contribution in [0.5, 0.6) is 0 Å². The summed E-state index contributed by atoms with van der Waals surface area (Å²) in [6.07, 6.45) is 0. The summed E-state index contributed by atoms with van der Waals surface area (Å²) in [5.74, 6) is 0. The zero-order valence-electron chi connectivity index (χ0n) is 15.3. The van der Waals surface area contributed by atoms with Gasteiger partial charge >= 0.3 is 7.12 Å². The minimum Gasteiger partial charge on any atom is -0.399 e. The number of hydrogen-bond donors (Lipinski definition) is 2. The standard InChI is InChI=1S/C18H23BN2O4S/c1-17(2)18(3,4)25-19(24-17)13-5-9-15(10-6-13)21-26(22,23)16-11-7-14(20)8-12-16/h5-12,21H,20H2,1-4H3. The highest BCUT2D eigenvalue weighted by Gasteiger charge is 2.51. The van der Waals surface area contributed by atoms with Gasteiger partial charge in [0.05, 0.1) is 16.1 Å². The second kappa shape index (κ2) is 6.30. The Balaban J connectivity index is 1.75. The van der Waals surface area contributed by atoms with Gasteiger partial charge in [0, 0.05) is 11.4 Å². The molecule has 0 bridgehead atoms. The van der Waals surface area contributed by atoms with Crippen LogP contribution in [0, 0.1) is 0 Å². The van der Waals surface area contributed by atoms with Gasteiger partial charge in [-0.2, -0.15) is 0 Å². The minimum atomic E-state index is -3.67. The van der Waals surface area contributed by atoms with Crippen molar-refractivity contribution in [3.05, 3.63) is 48.5 Å². The van der Waals surface area contributed by atoms with Crippen molar-refractivity contribution in [1.82, 2.24) is 0 Å². The Bertz CT molecular complexity index is 878. The minimum absolute atomic E-state index is 0.154. The van der Waals surface area contributed by atoms with Crippen LogP contribution < -0.4 is 15.9 Å².